The average molecular weight is 393 g/mol. The summed E-state index contributed by atoms with van der Waals surface area (Å²) in [5.41, 5.74) is 1.54. The van der Waals surface area contributed by atoms with Crippen molar-refractivity contribution in [2.24, 2.45) is 9.98 Å². The second-order valence-electron chi connectivity index (χ2n) is 5.19. The van der Waals surface area contributed by atoms with E-state index >= 15 is 0 Å². The normalized spacial score (nSPS) is 14.3. The zero-order valence-electron chi connectivity index (χ0n) is 13.5. The molecule has 128 valence electrons. The van der Waals surface area contributed by atoms with Gasteiger partial charge in [0.2, 0.25) is 0 Å². The van der Waals surface area contributed by atoms with E-state index in [-0.39, 0.29) is 0 Å². The van der Waals surface area contributed by atoms with Crippen LogP contribution in [0.5, 0.6) is 11.5 Å². The molecule has 0 spiro atoms. The predicted molar refractivity (Wildman–Crippen MR) is 102 cm³/mol. The van der Waals surface area contributed by atoms with Crippen molar-refractivity contribution in [2.75, 3.05) is 20.2 Å². The first-order valence-electron chi connectivity index (χ1n) is 7.60. The number of aliphatic imine (C=N–C) groups is 2. The van der Waals surface area contributed by atoms with E-state index in [0.717, 1.165) is 11.1 Å². The van der Waals surface area contributed by atoms with Gasteiger partial charge >= 0.3 is 15.1 Å². The highest BCUT2D eigenvalue weighted by Gasteiger charge is 2.39. The minimum absolute atomic E-state index is 0.546. The van der Waals surface area contributed by atoms with E-state index < -0.39 is 15.1 Å². The molecule has 3 rings (SSSR count). The number of benzene rings is 2. The van der Waals surface area contributed by atoms with Crippen LogP contribution in [0.4, 0.5) is 0 Å². The van der Waals surface area contributed by atoms with Gasteiger partial charge in [-0.15, -0.1) is 0 Å². The van der Waals surface area contributed by atoms with Crippen LogP contribution in [0.3, 0.4) is 0 Å². The molecule has 25 heavy (non-hydrogen) atoms. The first-order valence-corrected chi connectivity index (χ1v) is 9.77. The van der Waals surface area contributed by atoms with E-state index in [1.54, 1.807) is 55.9 Å². The number of rotatable bonds is 1. The molecule has 0 saturated carbocycles. The van der Waals surface area contributed by atoms with E-state index in [4.69, 9.17) is 34.6 Å². The predicted octanol–water partition coefficient (Wildman–Crippen LogP) is 3.93. The maximum Gasteiger partial charge on any atom is 1.10 e. The monoisotopic (exact) mass is 392 g/mol. The van der Waals surface area contributed by atoms with E-state index in [1.807, 2.05) is 0 Å². The highest BCUT2D eigenvalue weighted by atomic mass is 35.5. The van der Waals surface area contributed by atoms with Crippen LogP contribution in [0.25, 0.3) is 0 Å². The maximum absolute atomic E-state index is 6.08. The van der Waals surface area contributed by atoms with Gasteiger partial charge in [0.1, 0.15) is 0 Å². The lowest BCUT2D eigenvalue weighted by Crippen LogP contribution is -2.33. The minimum Gasteiger partial charge on any atom is -0.588 e. The second kappa shape index (κ2) is 8.71. The summed E-state index contributed by atoms with van der Waals surface area (Å²) >= 11 is 9.66. The van der Waals surface area contributed by atoms with Crippen molar-refractivity contribution in [3.8, 4) is 11.5 Å². The second-order valence-corrected chi connectivity index (χ2v) is 7.59. The molecule has 0 aliphatic carbocycles. The number of halogens is 2. The molecule has 2 aromatic carbocycles. The highest BCUT2D eigenvalue weighted by molar-refractivity contribution is 6.39. The summed E-state index contributed by atoms with van der Waals surface area (Å²) in [5.74, 6) is 1.23. The largest absolute Gasteiger partial charge is 1.10 e. The van der Waals surface area contributed by atoms with Crippen LogP contribution in [-0.2, 0) is 3.79 Å². The van der Waals surface area contributed by atoms with Crippen molar-refractivity contribution in [2.45, 2.75) is 0 Å². The summed E-state index contributed by atoms with van der Waals surface area (Å²) in [6.45, 7) is 1.09. The third kappa shape index (κ3) is 4.97. The topological polar surface area (TPSA) is 52.4 Å². The van der Waals surface area contributed by atoms with Crippen molar-refractivity contribution in [3.05, 3.63) is 57.6 Å². The Hall–Kier alpha value is -1.55. The standard InChI is InChI=1S/C16H14Cl2N2O2.CH3O.Al/c17-13-1-3-15(21)11(7-13)9-19-5-6-20-10-12-8-14(18)2-4-16(12)22;1-2;/h1-4,7-10,21-22H,5-6H2;1H3;/q;-1;+3/p-2. The Kier molecular flexibility index (Phi) is 6.35. The van der Waals surface area contributed by atoms with Crippen molar-refractivity contribution >= 4 is 50.8 Å². The Labute approximate surface area is 161 Å². The zero-order chi connectivity index (χ0) is 17.6. The molecule has 1 aliphatic heterocycles. The number of hydrogen-bond donors (Lipinski definition) is 0. The molecule has 0 N–H and O–H groups in total. The summed E-state index contributed by atoms with van der Waals surface area (Å²) in [4.78, 5) is 8.75. The molecule has 5 nitrogen and oxygen atoms in total. The van der Waals surface area contributed by atoms with Gasteiger partial charge in [-0.25, -0.2) is 0 Å². The lowest BCUT2D eigenvalue weighted by molar-refractivity contribution is 0.247. The van der Waals surface area contributed by atoms with E-state index in [1.165, 1.54) is 0 Å². The number of fused-ring (bicyclic) bond motifs is 2. The zero-order valence-corrected chi connectivity index (χ0v) is 16.2. The van der Waals surface area contributed by atoms with Crippen LogP contribution in [0.15, 0.2) is 46.4 Å². The summed E-state index contributed by atoms with van der Waals surface area (Å²) in [7, 11) is 1.56. The molecule has 8 heteroatoms. The molecule has 0 atom stereocenters. The number of hydrogen-bond acceptors (Lipinski definition) is 5. The molecule has 0 amide bonds. The quantitative estimate of drug-likeness (QED) is 0.690. The van der Waals surface area contributed by atoms with Gasteiger partial charge in [-0.2, -0.15) is 0 Å². The molecule has 2 aromatic rings. The molecule has 0 unspecified atom stereocenters. The molecule has 0 bridgehead atoms. The summed E-state index contributed by atoms with van der Waals surface area (Å²) < 4.78 is 17.4. The van der Waals surface area contributed by atoms with Crippen LogP contribution in [0.2, 0.25) is 10.0 Å². The van der Waals surface area contributed by atoms with Gasteiger partial charge < -0.3 is 11.4 Å². The number of nitrogens with zero attached hydrogens (tertiary/aromatic N) is 2. The summed E-state index contributed by atoms with van der Waals surface area (Å²) in [5, 5.41) is 1.21. The van der Waals surface area contributed by atoms with Crippen molar-refractivity contribution in [1.82, 2.24) is 0 Å². The Morgan fingerprint density at radius 3 is 1.80 bits per heavy atom. The maximum atomic E-state index is 6.08. The van der Waals surface area contributed by atoms with Crippen molar-refractivity contribution < 1.29 is 11.4 Å². The highest BCUT2D eigenvalue weighted by Crippen LogP contribution is 2.25. The SMILES string of the molecule is C[O][Al]1[O]c2ccc(Cl)cc2C=NCCN=Cc2cc(Cl)ccc2[O]1. The van der Waals surface area contributed by atoms with Gasteiger partial charge in [0, 0.05) is 40.7 Å². The lowest BCUT2D eigenvalue weighted by atomic mass is 10.2. The van der Waals surface area contributed by atoms with E-state index in [2.05, 4.69) is 9.98 Å². The van der Waals surface area contributed by atoms with Crippen LogP contribution in [0.1, 0.15) is 11.1 Å². The van der Waals surface area contributed by atoms with Gasteiger partial charge in [0.05, 0.1) is 24.6 Å². The lowest BCUT2D eigenvalue weighted by Gasteiger charge is -2.17. The van der Waals surface area contributed by atoms with Crippen LogP contribution < -0.4 is 7.58 Å². The molecule has 0 radical (unpaired) electrons. The Bertz CT molecular complexity index is 749. The molecular weight excluding hydrogens is 378 g/mol. The minimum atomic E-state index is -2.49. The van der Waals surface area contributed by atoms with E-state index in [0.29, 0.717) is 34.6 Å². The molecule has 0 saturated heterocycles. The van der Waals surface area contributed by atoms with Crippen molar-refractivity contribution in [3.63, 3.8) is 0 Å². The van der Waals surface area contributed by atoms with Crippen molar-refractivity contribution in [1.29, 1.82) is 0 Å². The van der Waals surface area contributed by atoms with E-state index in [9.17, 15) is 0 Å². The third-order valence-electron chi connectivity index (χ3n) is 3.40. The Morgan fingerprint density at radius 1 is 0.880 bits per heavy atom. The third-order valence-corrected chi connectivity index (χ3v) is 5.15. The van der Waals surface area contributed by atoms with Gasteiger partial charge in [-0.05, 0) is 36.4 Å². The van der Waals surface area contributed by atoms with Crippen LogP contribution >= 0.6 is 23.2 Å². The summed E-state index contributed by atoms with van der Waals surface area (Å²) in [6, 6.07) is 10.7. The van der Waals surface area contributed by atoms with Gasteiger partial charge in [0.15, 0.2) is 0 Å². The molecular formula is C17H15AlCl2N2O3. The fraction of sp³-hybridized carbons (Fsp3) is 0.176. The average Bonchev–Trinajstić information content (AvgIpc) is 2.61. The Balaban J connectivity index is 1.98. The summed E-state index contributed by atoms with van der Waals surface area (Å²) in [6.07, 6.45) is 3.44. The first-order chi connectivity index (χ1) is 12.2. The smallest absolute Gasteiger partial charge is 0.588 e. The van der Waals surface area contributed by atoms with Gasteiger partial charge in [-0.1, -0.05) is 23.2 Å². The fourth-order valence-corrected chi connectivity index (χ4v) is 3.67. The molecule has 0 aromatic heterocycles. The van der Waals surface area contributed by atoms with Gasteiger partial charge in [-0.3, -0.25) is 9.98 Å². The first kappa shape index (κ1) is 18.2. The molecule has 0 fully saturated rings. The molecule has 1 aliphatic rings. The van der Waals surface area contributed by atoms with Gasteiger partial charge in [0.25, 0.3) is 0 Å². The van der Waals surface area contributed by atoms with Crippen LogP contribution in [0, 0.1) is 0 Å². The molecule has 1 heterocycles. The Morgan fingerprint density at radius 2 is 1.36 bits per heavy atom. The fourth-order valence-electron chi connectivity index (χ4n) is 2.22. The van der Waals surface area contributed by atoms with Crippen LogP contribution in [-0.4, -0.2) is 47.8 Å².